The van der Waals surface area contributed by atoms with E-state index in [-0.39, 0.29) is 10.8 Å². The molecular formula is C19H23FN4O3S. The van der Waals surface area contributed by atoms with Crippen molar-refractivity contribution < 1.29 is 17.6 Å². The number of nitrogens with zero attached hydrogens (tertiary/aromatic N) is 3. The number of amides is 1. The van der Waals surface area contributed by atoms with Crippen LogP contribution < -0.4 is 9.62 Å². The Morgan fingerprint density at radius 3 is 2.39 bits per heavy atom. The molecular weight excluding hydrogens is 383 g/mol. The molecule has 1 unspecified atom stereocenters. The van der Waals surface area contributed by atoms with Crippen LogP contribution in [0.3, 0.4) is 0 Å². The maximum atomic E-state index is 13.0. The van der Waals surface area contributed by atoms with Crippen molar-refractivity contribution in [2.75, 3.05) is 31.1 Å². The van der Waals surface area contributed by atoms with E-state index in [4.69, 9.17) is 0 Å². The molecule has 9 heteroatoms. The highest BCUT2D eigenvalue weighted by molar-refractivity contribution is 7.89. The summed E-state index contributed by atoms with van der Waals surface area (Å²) >= 11 is 0. The van der Waals surface area contributed by atoms with Crippen LogP contribution in [0, 0.1) is 5.82 Å². The number of hydrogen-bond acceptors (Lipinski definition) is 5. The number of sulfonamides is 1. The third kappa shape index (κ3) is 4.66. The van der Waals surface area contributed by atoms with Gasteiger partial charge in [0.2, 0.25) is 15.9 Å². The first kappa shape index (κ1) is 20.2. The number of carbonyl (C=O) groups excluding carboxylic acids is 1. The van der Waals surface area contributed by atoms with E-state index in [1.807, 2.05) is 18.2 Å². The van der Waals surface area contributed by atoms with Gasteiger partial charge in [0.1, 0.15) is 17.7 Å². The third-order valence-corrected chi connectivity index (χ3v) is 6.18. The largest absolute Gasteiger partial charge is 0.353 e. The monoisotopic (exact) mass is 406 g/mol. The predicted octanol–water partition coefficient (Wildman–Crippen LogP) is 1.63. The minimum atomic E-state index is -3.91. The van der Waals surface area contributed by atoms with Gasteiger partial charge in [-0.25, -0.2) is 17.8 Å². The zero-order valence-electron chi connectivity index (χ0n) is 15.6. The number of anilines is 1. The van der Waals surface area contributed by atoms with Gasteiger partial charge in [-0.2, -0.15) is 4.72 Å². The van der Waals surface area contributed by atoms with Crippen LogP contribution in [0.2, 0.25) is 0 Å². The third-order valence-electron chi connectivity index (χ3n) is 4.69. The molecule has 0 radical (unpaired) electrons. The van der Waals surface area contributed by atoms with Crippen molar-refractivity contribution in [1.82, 2.24) is 14.6 Å². The quantitative estimate of drug-likeness (QED) is 0.788. The molecule has 0 aliphatic carbocycles. The van der Waals surface area contributed by atoms with E-state index in [2.05, 4.69) is 14.6 Å². The number of piperazine rings is 1. The van der Waals surface area contributed by atoms with Gasteiger partial charge in [-0.05, 0) is 42.8 Å². The van der Waals surface area contributed by atoms with Gasteiger partial charge in [-0.1, -0.05) is 13.0 Å². The van der Waals surface area contributed by atoms with Gasteiger partial charge >= 0.3 is 0 Å². The van der Waals surface area contributed by atoms with Gasteiger partial charge < -0.3 is 9.80 Å². The number of halogens is 1. The van der Waals surface area contributed by atoms with Gasteiger partial charge in [0, 0.05) is 32.4 Å². The van der Waals surface area contributed by atoms with E-state index in [0.29, 0.717) is 32.6 Å². The van der Waals surface area contributed by atoms with Gasteiger partial charge in [-0.15, -0.1) is 0 Å². The maximum absolute atomic E-state index is 13.0. The lowest BCUT2D eigenvalue weighted by atomic mass is 10.2. The van der Waals surface area contributed by atoms with Crippen molar-refractivity contribution in [1.29, 1.82) is 0 Å². The SMILES string of the molecule is CCC(NS(=O)(=O)c1ccc(F)cc1)C(=O)N1CCN(c2ccccn2)CC1. The summed E-state index contributed by atoms with van der Waals surface area (Å²) in [4.78, 5) is 20.8. The minimum absolute atomic E-state index is 0.0693. The van der Waals surface area contributed by atoms with E-state index < -0.39 is 21.9 Å². The molecule has 7 nitrogen and oxygen atoms in total. The van der Waals surface area contributed by atoms with Crippen LogP contribution in [0.25, 0.3) is 0 Å². The standard InChI is InChI=1S/C19H23FN4O3S/c1-2-17(22-28(26,27)16-8-6-15(20)7-9-16)19(25)24-13-11-23(12-14-24)18-5-3-4-10-21-18/h3-10,17,22H,2,11-14H2,1H3. The molecule has 3 rings (SSSR count). The van der Waals surface area contributed by atoms with Crippen molar-refractivity contribution in [3.63, 3.8) is 0 Å². The molecule has 0 saturated carbocycles. The molecule has 1 N–H and O–H groups in total. The highest BCUT2D eigenvalue weighted by atomic mass is 32.2. The van der Waals surface area contributed by atoms with E-state index >= 15 is 0 Å². The number of nitrogens with one attached hydrogen (secondary N) is 1. The Labute approximate surface area is 164 Å². The Balaban J connectivity index is 1.63. The molecule has 28 heavy (non-hydrogen) atoms. The summed E-state index contributed by atoms with van der Waals surface area (Å²) in [5, 5.41) is 0. The lowest BCUT2D eigenvalue weighted by Gasteiger charge is -2.36. The maximum Gasteiger partial charge on any atom is 0.241 e. The molecule has 1 saturated heterocycles. The van der Waals surface area contributed by atoms with Crippen molar-refractivity contribution in [3.8, 4) is 0 Å². The van der Waals surface area contributed by atoms with Crippen LogP contribution in [0.15, 0.2) is 53.6 Å². The Bertz CT molecular complexity index is 899. The fourth-order valence-electron chi connectivity index (χ4n) is 3.09. The average molecular weight is 406 g/mol. The first-order valence-corrected chi connectivity index (χ1v) is 10.6. The normalized spacial score (nSPS) is 16.1. The first-order valence-electron chi connectivity index (χ1n) is 9.13. The summed E-state index contributed by atoms with van der Waals surface area (Å²) in [6.07, 6.45) is 2.05. The molecule has 1 aromatic heterocycles. The number of rotatable bonds is 6. The van der Waals surface area contributed by atoms with Gasteiger partial charge in [0.25, 0.3) is 0 Å². The number of carbonyl (C=O) groups is 1. The average Bonchev–Trinajstić information content (AvgIpc) is 2.72. The number of pyridine rings is 1. The lowest BCUT2D eigenvalue weighted by molar-refractivity contribution is -0.133. The molecule has 1 amide bonds. The van der Waals surface area contributed by atoms with E-state index in [0.717, 1.165) is 18.0 Å². The first-order chi connectivity index (χ1) is 13.4. The van der Waals surface area contributed by atoms with Crippen LogP contribution in [0.4, 0.5) is 10.2 Å². The Kier molecular flexibility index (Phi) is 6.25. The second kappa shape index (κ2) is 8.66. The number of benzene rings is 1. The van der Waals surface area contributed by atoms with Crippen molar-refractivity contribution in [2.24, 2.45) is 0 Å². The second-order valence-electron chi connectivity index (χ2n) is 6.54. The second-order valence-corrected chi connectivity index (χ2v) is 8.25. The van der Waals surface area contributed by atoms with Crippen LogP contribution in [0.5, 0.6) is 0 Å². The van der Waals surface area contributed by atoms with Gasteiger partial charge in [-0.3, -0.25) is 4.79 Å². The van der Waals surface area contributed by atoms with Crippen LogP contribution in [-0.2, 0) is 14.8 Å². The molecule has 1 aromatic carbocycles. The van der Waals surface area contributed by atoms with Crippen molar-refractivity contribution in [3.05, 3.63) is 54.5 Å². The summed E-state index contributed by atoms with van der Waals surface area (Å²) in [6, 6.07) is 9.34. The summed E-state index contributed by atoms with van der Waals surface area (Å²) in [5.41, 5.74) is 0. The molecule has 1 atom stereocenters. The fourth-order valence-corrected chi connectivity index (χ4v) is 4.37. The Hall–Kier alpha value is -2.52. The summed E-state index contributed by atoms with van der Waals surface area (Å²) in [5.74, 6) is 0.0837. The highest BCUT2D eigenvalue weighted by Crippen LogP contribution is 2.15. The fraction of sp³-hybridized carbons (Fsp3) is 0.368. The molecule has 0 spiro atoms. The Morgan fingerprint density at radius 2 is 1.82 bits per heavy atom. The smallest absolute Gasteiger partial charge is 0.241 e. The van der Waals surface area contributed by atoms with Crippen LogP contribution >= 0.6 is 0 Å². The molecule has 150 valence electrons. The van der Waals surface area contributed by atoms with Crippen molar-refractivity contribution in [2.45, 2.75) is 24.3 Å². The zero-order valence-corrected chi connectivity index (χ0v) is 16.4. The highest BCUT2D eigenvalue weighted by Gasteiger charge is 2.30. The lowest BCUT2D eigenvalue weighted by Crippen LogP contribution is -2.55. The van der Waals surface area contributed by atoms with Crippen molar-refractivity contribution >= 4 is 21.7 Å². The summed E-state index contributed by atoms with van der Waals surface area (Å²) < 4.78 is 40.5. The molecule has 0 bridgehead atoms. The topological polar surface area (TPSA) is 82.6 Å². The van der Waals surface area contributed by atoms with E-state index in [1.54, 1.807) is 18.0 Å². The summed E-state index contributed by atoms with van der Waals surface area (Å²) in [6.45, 7) is 3.99. The number of hydrogen-bond donors (Lipinski definition) is 1. The molecule has 1 aliphatic heterocycles. The van der Waals surface area contributed by atoms with Gasteiger partial charge in [0.15, 0.2) is 0 Å². The van der Waals surface area contributed by atoms with Crippen LogP contribution in [-0.4, -0.2) is 56.4 Å². The van der Waals surface area contributed by atoms with Gasteiger partial charge in [0.05, 0.1) is 4.90 Å². The van der Waals surface area contributed by atoms with E-state index in [9.17, 15) is 17.6 Å². The molecule has 2 aromatic rings. The molecule has 2 heterocycles. The Morgan fingerprint density at radius 1 is 1.14 bits per heavy atom. The zero-order chi connectivity index (χ0) is 20.1. The van der Waals surface area contributed by atoms with Crippen LogP contribution in [0.1, 0.15) is 13.3 Å². The predicted molar refractivity (Wildman–Crippen MR) is 104 cm³/mol. The molecule has 1 fully saturated rings. The van der Waals surface area contributed by atoms with E-state index in [1.165, 1.54) is 12.1 Å². The minimum Gasteiger partial charge on any atom is -0.353 e. The number of aromatic nitrogens is 1. The summed E-state index contributed by atoms with van der Waals surface area (Å²) in [7, 11) is -3.91. The molecule has 1 aliphatic rings.